The fourth-order valence-corrected chi connectivity index (χ4v) is 3.04. The van der Waals surface area contributed by atoms with Gasteiger partial charge in [-0.05, 0) is 17.2 Å². The molecule has 0 saturated carbocycles. The Kier molecular flexibility index (Phi) is 6.47. The lowest BCUT2D eigenvalue weighted by Crippen LogP contribution is -2.34. The van der Waals surface area contributed by atoms with Gasteiger partial charge in [-0.1, -0.05) is 23.2 Å². The molecule has 0 fully saturated rings. The van der Waals surface area contributed by atoms with Crippen LogP contribution in [-0.4, -0.2) is 35.5 Å². The number of hydrogen-bond acceptors (Lipinski definition) is 2. The second-order valence-corrected chi connectivity index (χ2v) is 6.28. The SMILES string of the molecule is CN/C(=N/c1cc([S+]([O-])CC(F)(F)F)c(Cl)cc1Cl)C(F)(F)F. The van der Waals surface area contributed by atoms with Crippen molar-refractivity contribution in [3.63, 3.8) is 0 Å². The molecule has 0 bridgehead atoms. The smallest absolute Gasteiger partial charge is 0.449 e. The van der Waals surface area contributed by atoms with Crippen LogP contribution in [0.1, 0.15) is 0 Å². The topological polar surface area (TPSA) is 47.5 Å². The normalized spacial score (nSPS) is 14.8. The Labute approximate surface area is 139 Å². The van der Waals surface area contributed by atoms with Gasteiger partial charge in [0.25, 0.3) is 0 Å². The molecule has 12 heteroatoms. The van der Waals surface area contributed by atoms with E-state index in [1.165, 1.54) is 0 Å². The van der Waals surface area contributed by atoms with Crippen LogP contribution in [0.2, 0.25) is 10.0 Å². The highest BCUT2D eigenvalue weighted by molar-refractivity contribution is 7.91. The van der Waals surface area contributed by atoms with Gasteiger partial charge in [-0.15, -0.1) is 0 Å². The molecule has 0 aromatic heterocycles. The van der Waals surface area contributed by atoms with E-state index in [9.17, 15) is 30.9 Å². The molecule has 0 heterocycles. The molecule has 0 aliphatic heterocycles. The Morgan fingerprint density at radius 2 is 1.74 bits per heavy atom. The molecule has 0 saturated heterocycles. The Bertz CT molecular complexity index is 605. The average Bonchev–Trinajstić information content (AvgIpc) is 2.33. The van der Waals surface area contributed by atoms with Gasteiger partial charge in [-0.3, -0.25) is 0 Å². The maximum Gasteiger partial charge on any atom is 0.449 e. The third kappa shape index (κ3) is 5.94. The molecule has 130 valence electrons. The van der Waals surface area contributed by atoms with Crippen LogP contribution in [0.15, 0.2) is 22.0 Å². The number of amidine groups is 1. The van der Waals surface area contributed by atoms with Crippen LogP contribution in [0.5, 0.6) is 0 Å². The number of nitrogens with zero attached hydrogens (tertiary/aromatic N) is 1. The highest BCUT2D eigenvalue weighted by Crippen LogP contribution is 2.36. The Morgan fingerprint density at radius 1 is 1.17 bits per heavy atom. The molecule has 1 aromatic rings. The summed E-state index contributed by atoms with van der Waals surface area (Å²) < 4.78 is 86.4. The third-order valence-corrected chi connectivity index (χ3v) is 4.42. The minimum Gasteiger partial charge on any atom is -0.611 e. The van der Waals surface area contributed by atoms with Crippen LogP contribution < -0.4 is 5.32 Å². The summed E-state index contributed by atoms with van der Waals surface area (Å²) in [6.07, 6.45) is -9.57. The molecule has 1 N–H and O–H groups in total. The van der Waals surface area contributed by atoms with E-state index in [4.69, 9.17) is 23.2 Å². The van der Waals surface area contributed by atoms with E-state index in [0.29, 0.717) is 0 Å². The third-order valence-electron chi connectivity index (χ3n) is 2.28. The summed E-state index contributed by atoms with van der Waals surface area (Å²) in [4.78, 5) is 2.69. The summed E-state index contributed by atoms with van der Waals surface area (Å²) in [7, 11) is 0.957. The molecule has 0 radical (unpaired) electrons. The first-order valence-corrected chi connectivity index (χ1v) is 7.70. The van der Waals surface area contributed by atoms with Crippen molar-refractivity contribution < 1.29 is 30.9 Å². The van der Waals surface area contributed by atoms with Gasteiger partial charge < -0.3 is 9.87 Å². The van der Waals surface area contributed by atoms with Crippen molar-refractivity contribution in [2.45, 2.75) is 17.2 Å². The molecule has 1 unspecified atom stereocenters. The summed E-state index contributed by atoms with van der Waals surface area (Å²) in [6.45, 7) is 0. The lowest BCUT2D eigenvalue weighted by atomic mass is 10.3. The van der Waals surface area contributed by atoms with Gasteiger partial charge in [0, 0.05) is 13.1 Å². The van der Waals surface area contributed by atoms with Gasteiger partial charge in [-0.2, -0.15) is 26.3 Å². The van der Waals surface area contributed by atoms with E-state index in [0.717, 1.165) is 19.2 Å². The highest BCUT2D eigenvalue weighted by atomic mass is 35.5. The molecule has 0 spiro atoms. The lowest BCUT2D eigenvalue weighted by molar-refractivity contribution is -0.106. The number of alkyl halides is 6. The molecule has 1 rings (SSSR count). The second kappa shape index (κ2) is 7.37. The van der Waals surface area contributed by atoms with E-state index in [1.807, 2.05) is 0 Å². The summed E-state index contributed by atoms with van der Waals surface area (Å²) in [6, 6.07) is 1.62. The molecule has 0 aliphatic carbocycles. The van der Waals surface area contributed by atoms with Crippen molar-refractivity contribution in [2.24, 2.45) is 4.99 Å². The number of halogens is 8. The van der Waals surface area contributed by atoms with E-state index in [2.05, 4.69) is 4.99 Å². The molecule has 0 amide bonds. The molecule has 23 heavy (non-hydrogen) atoms. The van der Waals surface area contributed by atoms with E-state index in [1.54, 1.807) is 5.32 Å². The summed E-state index contributed by atoms with van der Waals surface area (Å²) in [5.41, 5.74) is -0.511. The van der Waals surface area contributed by atoms with Crippen molar-refractivity contribution in [3.8, 4) is 0 Å². The number of aliphatic imine (C=N–C) groups is 1. The van der Waals surface area contributed by atoms with Gasteiger partial charge in [0.15, 0.2) is 4.90 Å². The van der Waals surface area contributed by atoms with Gasteiger partial charge in [0.05, 0.1) is 15.7 Å². The van der Waals surface area contributed by atoms with Crippen LogP contribution in [0.3, 0.4) is 0 Å². The zero-order chi connectivity index (χ0) is 18.0. The van der Waals surface area contributed by atoms with Gasteiger partial charge in [0.2, 0.25) is 11.6 Å². The summed E-state index contributed by atoms with van der Waals surface area (Å²) in [5.74, 6) is -3.12. The molecule has 0 aliphatic rings. The highest BCUT2D eigenvalue weighted by Gasteiger charge is 2.37. The van der Waals surface area contributed by atoms with E-state index >= 15 is 0 Å². The fraction of sp³-hybridized carbons (Fsp3) is 0.364. The first-order chi connectivity index (χ1) is 10.3. The summed E-state index contributed by atoms with van der Waals surface area (Å²) in [5, 5.41) is 1.10. The maximum atomic E-state index is 12.6. The Morgan fingerprint density at radius 3 is 2.17 bits per heavy atom. The minimum atomic E-state index is -4.83. The molecular formula is C11H8Cl2F6N2OS. The number of rotatable bonds is 3. The number of nitrogens with one attached hydrogen (secondary N) is 1. The van der Waals surface area contributed by atoms with Crippen LogP contribution in [0.25, 0.3) is 0 Å². The standard InChI is InChI=1S/C11H8Cl2F6N2OS/c1-20-9(11(17,18)19)21-7-3-8(6(13)2-5(7)12)23(22)4-10(14,15)16/h2-3H,4H2,1H3,(H,20,21). The zero-order valence-electron chi connectivity index (χ0n) is 11.1. The summed E-state index contributed by atoms with van der Waals surface area (Å²) >= 11 is 8.73. The molecule has 3 nitrogen and oxygen atoms in total. The predicted octanol–water partition coefficient (Wildman–Crippen LogP) is 4.48. The van der Waals surface area contributed by atoms with Crippen LogP contribution in [0, 0.1) is 0 Å². The molecule has 1 atom stereocenters. The first-order valence-electron chi connectivity index (χ1n) is 5.63. The largest absolute Gasteiger partial charge is 0.611 e. The molecule has 1 aromatic carbocycles. The Hall–Kier alpha value is -0.840. The van der Waals surface area contributed by atoms with Crippen molar-refractivity contribution in [2.75, 3.05) is 12.8 Å². The van der Waals surface area contributed by atoms with Crippen LogP contribution >= 0.6 is 23.2 Å². The molecular weight excluding hydrogens is 393 g/mol. The lowest BCUT2D eigenvalue weighted by Gasteiger charge is -2.15. The van der Waals surface area contributed by atoms with Crippen molar-refractivity contribution in [1.29, 1.82) is 0 Å². The fourth-order valence-electron chi connectivity index (χ4n) is 1.39. The average molecular weight is 401 g/mol. The van der Waals surface area contributed by atoms with Gasteiger partial charge in [0.1, 0.15) is 0 Å². The number of benzene rings is 1. The van der Waals surface area contributed by atoms with Gasteiger partial charge >= 0.3 is 12.4 Å². The maximum absolute atomic E-state index is 12.6. The first kappa shape index (κ1) is 20.2. The monoisotopic (exact) mass is 400 g/mol. The van der Waals surface area contributed by atoms with Crippen molar-refractivity contribution >= 4 is 45.9 Å². The van der Waals surface area contributed by atoms with Crippen LogP contribution in [-0.2, 0) is 11.2 Å². The quantitative estimate of drug-likeness (QED) is 0.352. The van der Waals surface area contributed by atoms with Crippen molar-refractivity contribution in [3.05, 3.63) is 22.2 Å². The Balaban J connectivity index is 3.31. The zero-order valence-corrected chi connectivity index (χ0v) is 13.5. The van der Waals surface area contributed by atoms with Gasteiger partial charge in [-0.25, -0.2) is 4.99 Å². The number of hydrogen-bond donors (Lipinski definition) is 1. The second-order valence-electron chi connectivity index (χ2n) is 4.05. The minimum absolute atomic E-state index is 0.334. The van der Waals surface area contributed by atoms with Crippen LogP contribution in [0.4, 0.5) is 32.0 Å². The van der Waals surface area contributed by atoms with E-state index < -0.39 is 45.7 Å². The predicted molar refractivity (Wildman–Crippen MR) is 76.0 cm³/mol. The van der Waals surface area contributed by atoms with E-state index in [-0.39, 0.29) is 10.0 Å². The van der Waals surface area contributed by atoms with Crippen molar-refractivity contribution in [1.82, 2.24) is 5.32 Å².